The van der Waals surface area contributed by atoms with Gasteiger partial charge >= 0.3 is 0 Å². The van der Waals surface area contributed by atoms with Crippen LogP contribution >= 0.6 is 0 Å². The lowest BCUT2D eigenvalue weighted by Gasteiger charge is -2.04. The van der Waals surface area contributed by atoms with Crippen molar-refractivity contribution in [2.75, 3.05) is 0 Å². The molecular formula is C13H12N2O3S. The molecule has 98 valence electrons. The van der Waals surface area contributed by atoms with Crippen LogP contribution < -0.4 is 10.1 Å². The Bertz CT molecular complexity index is 659. The van der Waals surface area contributed by atoms with E-state index in [1.807, 2.05) is 0 Å². The van der Waals surface area contributed by atoms with Gasteiger partial charge in [0.1, 0.15) is 5.75 Å². The van der Waals surface area contributed by atoms with Crippen molar-refractivity contribution in [1.29, 1.82) is 0 Å². The summed E-state index contributed by atoms with van der Waals surface area (Å²) in [6, 6.07) is 11.8. The first-order valence-electron chi connectivity index (χ1n) is 5.79. The predicted octanol–water partition coefficient (Wildman–Crippen LogP) is 1.19. The van der Waals surface area contributed by atoms with Crippen LogP contribution in [-0.4, -0.2) is 25.0 Å². The number of rotatable bonds is 4. The molecule has 3 rings (SSSR count). The zero-order valence-corrected chi connectivity index (χ0v) is 10.7. The summed E-state index contributed by atoms with van der Waals surface area (Å²) >= 11 is 0. The zero-order chi connectivity index (χ0) is 13.3. The maximum atomic E-state index is 12.2. The first-order chi connectivity index (χ1) is 9.18. The van der Waals surface area contributed by atoms with Crippen LogP contribution in [0.25, 0.3) is 0 Å². The molecule has 1 aliphatic heterocycles. The van der Waals surface area contributed by atoms with Crippen molar-refractivity contribution in [2.24, 2.45) is 0 Å². The summed E-state index contributed by atoms with van der Waals surface area (Å²) in [7, 11) is -3.39. The van der Waals surface area contributed by atoms with E-state index < -0.39 is 21.4 Å². The normalized spacial score (nSPS) is 21.9. The lowest BCUT2D eigenvalue weighted by Crippen LogP contribution is -2.14. The van der Waals surface area contributed by atoms with Crippen molar-refractivity contribution >= 4 is 9.84 Å². The van der Waals surface area contributed by atoms with Gasteiger partial charge in [-0.15, -0.1) is 0 Å². The van der Waals surface area contributed by atoms with Crippen molar-refractivity contribution in [1.82, 2.24) is 10.3 Å². The fraction of sp³-hybridized carbons (Fsp3) is 0.154. The molecule has 0 saturated carbocycles. The summed E-state index contributed by atoms with van der Waals surface area (Å²) in [5.41, 5.74) is 0. The van der Waals surface area contributed by atoms with E-state index in [4.69, 9.17) is 4.74 Å². The average molecular weight is 276 g/mol. The summed E-state index contributed by atoms with van der Waals surface area (Å²) < 4.78 is 30.0. The minimum absolute atomic E-state index is 0.296. The third-order valence-electron chi connectivity index (χ3n) is 2.80. The number of nitrogens with one attached hydrogen (secondary N) is 1. The zero-order valence-electron chi connectivity index (χ0n) is 9.93. The van der Waals surface area contributed by atoms with Gasteiger partial charge in [0, 0.05) is 6.20 Å². The molecule has 1 N–H and O–H groups in total. The van der Waals surface area contributed by atoms with E-state index in [0.29, 0.717) is 10.6 Å². The Morgan fingerprint density at radius 1 is 1.11 bits per heavy atom. The molecule has 0 amide bonds. The van der Waals surface area contributed by atoms with Gasteiger partial charge in [0.25, 0.3) is 0 Å². The second-order valence-electron chi connectivity index (χ2n) is 4.17. The molecule has 2 aromatic rings. The third-order valence-corrected chi connectivity index (χ3v) is 4.78. The Morgan fingerprint density at radius 2 is 1.89 bits per heavy atom. The largest absolute Gasteiger partial charge is 0.471 e. The first kappa shape index (κ1) is 12.1. The topological polar surface area (TPSA) is 78.2 Å². The SMILES string of the molecule is O=S(=O)(c1ccccc1)C1NC1Oc1cccnc1. The average Bonchev–Trinajstić information content (AvgIpc) is 3.21. The minimum Gasteiger partial charge on any atom is -0.471 e. The van der Waals surface area contributed by atoms with Gasteiger partial charge in [-0.3, -0.25) is 10.3 Å². The van der Waals surface area contributed by atoms with Gasteiger partial charge in [-0.05, 0) is 24.3 Å². The fourth-order valence-electron chi connectivity index (χ4n) is 1.77. The van der Waals surface area contributed by atoms with E-state index in [2.05, 4.69) is 10.3 Å². The van der Waals surface area contributed by atoms with Crippen LogP contribution in [0.15, 0.2) is 59.8 Å². The van der Waals surface area contributed by atoms with Crippen LogP contribution in [0.4, 0.5) is 0 Å². The number of hydrogen-bond acceptors (Lipinski definition) is 5. The van der Waals surface area contributed by atoms with Crippen LogP contribution in [0.2, 0.25) is 0 Å². The van der Waals surface area contributed by atoms with Gasteiger partial charge < -0.3 is 4.74 Å². The number of benzene rings is 1. The number of pyridine rings is 1. The molecule has 19 heavy (non-hydrogen) atoms. The molecule has 2 atom stereocenters. The van der Waals surface area contributed by atoms with Gasteiger partial charge in [0.05, 0.1) is 11.1 Å². The molecular weight excluding hydrogens is 264 g/mol. The molecule has 1 aromatic carbocycles. The summed E-state index contributed by atoms with van der Waals surface area (Å²) in [5.74, 6) is 0.547. The molecule has 6 heteroatoms. The van der Waals surface area contributed by atoms with Crippen LogP contribution in [-0.2, 0) is 9.84 Å². The Hall–Kier alpha value is -1.92. The van der Waals surface area contributed by atoms with E-state index in [9.17, 15) is 8.42 Å². The maximum absolute atomic E-state index is 12.2. The smallest absolute Gasteiger partial charge is 0.199 e. The highest BCUT2D eigenvalue weighted by Crippen LogP contribution is 2.27. The van der Waals surface area contributed by atoms with Crippen molar-refractivity contribution < 1.29 is 13.2 Å². The number of sulfone groups is 1. The lowest BCUT2D eigenvalue weighted by molar-refractivity contribution is 0.294. The van der Waals surface area contributed by atoms with Crippen molar-refractivity contribution in [3.05, 3.63) is 54.9 Å². The Labute approximate surface area is 111 Å². The standard InChI is InChI=1S/C13H12N2O3S/c16-19(17,11-6-2-1-3-7-11)13-12(15-13)18-10-5-4-8-14-9-10/h1-9,12-13,15H. The lowest BCUT2D eigenvalue weighted by atomic mass is 10.4. The van der Waals surface area contributed by atoms with E-state index in [-0.39, 0.29) is 0 Å². The van der Waals surface area contributed by atoms with E-state index >= 15 is 0 Å². The van der Waals surface area contributed by atoms with E-state index in [1.54, 1.807) is 54.9 Å². The monoisotopic (exact) mass is 276 g/mol. The number of ether oxygens (including phenoxy) is 1. The van der Waals surface area contributed by atoms with Crippen molar-refractivity contribution in [2.45, 2.75) is 16.5 Å². The maximum Gasteiger partial charge on any atom is 0.199 e. The van der Waals surface area contributed by atoms with Gasteiger partial charge in [-0.2, -0.15) is 0 Å². The van der Waals surface area contributed by atoms with Gasteiger partial charge in [-0.25, -0.2) is 8.42 Å². The Kier molecular flexibility index (Phi) is 2.96. The molecule has 5 nitrogen and oxygen atoms in total. The molecule has 1 saturated heterocycles. The summed E-state index contributed by atoms with van der Waals surface area (Å²) in [6.45, 7) is 0. The number of nitrogens with zero attached hydrogens (tertiary/aromatic N) is 1. The quantitative estimate of drug-likeness (QED) is 0.849. The van der Waals surface area contributed by atoms with Gasteiger partial charge in [0.15, 0.2) is 21.4 Å². The second-order valence-corrected chi connectivity index (χ2v) is 6.24. The molecule has 0 spiro atoms. The molecule has 1 aliphatic rings. The molecule has 0 bridgehead atoms. The van der Waals surface area contributed by atoms with E-state index in [1.165, 1.54) is 0 Å². The number of aromatic nitrogens is 1. The Morgan fingerprint density at radius 3 is 2.58 bits per heavy atom. The number of hydrogen-bond donors (Lipinski definition) is 1. The van der Waals surface area contributed by atoms with Gasteiger partial charge in [-0.1, -0.05) is 18.2 Å². The summed E-state index contributed by atoms with van der Waals surface area (Å²) in [4.78, 5) is 4.20. The Balaban J connectivity index is 1.73. The van der Waals surface area contributed by atoms with Crippen LogP contribution in [0.3, 0.4) is 0 Å². The molecule has 1 fully saturated rings. The van der Waals surface area contributed by atoms with Crippen LogP contribution in [0, 0.1) is 0 Å². The van der Waals surface area contributed by atoms with E-state index in [0.717, 1.165) is 0 Å². The van der Waals surface area contributed by atoms with Crippen LogP contribution in [0.5, 0.6) is 5.75 Å². The third kappa shape index (κ3) is 2.45. The highest BCUT2D eigenvalue weighted by Gasteiger charge is 2.49. The molecule has 2 unspecified atom stereocenters. The fourth-order valence-corrected chi connectivity index (χ4v) is 3.30. The highest BCUT2D eigenvalue weighted by molar-refractivity contribution is 7.92. The first-order valence-corrected chi connectivity index (χ1v) is 7.34. The summed E-state index contributed by atoms with van der Waals surface area (Å²) in [6.07, 6.45) is 2.66. The van der Waals surface area contributed by atoms with Gasteiger partial charge in [0.2, 0.25) is 0 Å². The minimum atomic E-state index is -3.39. The summed E-state index contributed by atoms with van der Waals surface area (Å²) in [5, 5.41) is 2.12. The predicted molar refractivity (Wildman–Crippen MR) is 69.2 cm³/mol. The molecule has 0 aliphatic carbocycles. The highest BCUT2D eigenvalue weighted by atomic mass is 32.2. The molecule has 1 aromatic heterocycles. The second kappa shape index (κ2) is 4.64. The molecule has 2 heterocycles. The van der Waals surface area contributed by atoms with Crippen molar-refractivity contribution in [3.63, 3.8) is 0 Å². The van der Waals surface area contributed by atoms with Crippen molar-refractivity contribution in [3.8, 4) is 5.75 Å². The van der Waals surface area contributed by atoms with Crippen LogP contribution in [0.1, 0.15) is 0 Å². The molecule has 0 radical (unpaired) electrons.